The van der Waals surface area contributed by atoms with Gasteiger partial charge in [0.05, 0.1) is 12.0 Å². The molecule has 1 N–H and O–H groups in total. The topological polar surface area (TPSA) is 38.3 Å². The number of nitrogens with one attached hydrogen (secondary N) is 1. The molecule has 2 aliphatic carbocycles. The second-order valence-corrected chi connectivity index (χ2v) is 6.08. The fourth-order valence-corrected chi connectivity index (χ4v) is 3.76. The number of carbonyl (C=O) groups excluding carboxylic acids is 1. The Hall–Kier alpha value is -0.0900. The van der Waals surface area contributed by atoms with Crippen molar-refractivity contribution in [1.82, 2.24) is 5.32 Å². The van der Waals surface area contributed by atoms with Crippen molar-refractivity contribution >= 4 is 21.8 Å². The molecule has 2 fully saturated rings. The van der Waals surface area contributed by atoms with E-state index in [1.165, 1.54) is 19.3 Å². The molecular weight excluding hydrogens is 282 g/mol. The van der Waals surface area contributed by atoms with E-state index in [0.717, 1.165) is 24.6 Å². The summed E-state index contributed by atoms with van der Waals surface area (Å²) in [7, 11) is 1.73. The van der Waals surface area contributed by atoms with Crippen molar-refractivity contribution in [3.8, 4) is 0 Å². The molecule has 0 spiro atoms. The number of alkyl halides is 1. The number of ether oxygens (including phenoxy) is 1. The van der Waals surface area contributed by atoms with Gasteiger partial charge in [0.25, 0.3) is 0 Å². The number of hydrogen-bond donors (Lipinski definition) is 1. The third kappa shape index (κ3) is 3.02. The first-order valence-electron chi connectivity index (χ1n) is 6.59. The molecule has 0 heterocycles. The Kier molecular flexibility index (Phi) is 4.47. The van der Waals surface area contributed by atoms with E-state index in [1.807, 2.05) is 0 Å². The molecule has 0 saturated heterocycles. The molecule has 2 atom stereocenters. The van der Waals surface area contributed by atoms with Gasteiger partial charge in [-0.15, -0.1) is 0 Å². The van der Waals surface area contributed by atoms with Gasteiger partial charge >= 0.3 is 0 Å². The smallest absolute Gasteiger partial charge is 0.223 e. The third-order valence-electron chi connectivity index (χ3n) is 4.38. The molecule has 0 radical (unpaired) electrons. The number of amides is 1. The van der Waals surface area contributed by atoms with Gasteiger partial charge in [-0.3, -0.25) is 4.79 Å². The van der Waals surface area contributed by atoms with Gasteiger partial charge < -0.3 is 10.1 Å². The number of halogens is 1. The number of carbonyl (C=O) groups is 1. The zero-order valence-corrected chi connectivity index (χ0v) is 12.1. The van der Waals surface area contributed by atoms with Gasteiger partial charge in [0.2, 0.25) is 5.91 Å². The van der Waals surface area contributed by atoms with Crippen LogP contribution in [0.1, 0.15) is 44.9 Å². The van der Waals surface area contributed by atoms with Crippen LogP contribution in [0.15, 0.2) is 0 Å². The maximum absolute atomic E-state index is 12.0. The fraction of sp³-hybridized carbons (Fsp3) is 0.923. The highest BCUT2D eigenvalue weighted by atomic mass is 79.9. The first kappa shape index (κ1) is 13.3. The average molecular weight is 304 g/mol. The van der Waals surface area contributed by atoms with Crippen molar-refractivity contribution < 1.29 is 9.53 Å². The first-order valence-corrected chi connectivity index (χ1v) is 7.72. The average Bonchev–Trinajstić information content (AvgIpc) is 2.70. The highest BCUT2D eigenvalue weighted by molar-refractivity contribution is 9.09. The number of rotatable bonds is 5. The summed E-state index contributed by atoms with van der Waals surface area (Å²) < 4.78 is 5.49. The first-order chi connectivity index (χ1) is 8.19. The highest BCUT2D eigenvalue weighted by Gasteiger charge is 2.39. The molecule has 3 nitrogen and oxygen atoms in total. The lowest BCUT2D eigenvalue weighted by atomic mass is 9.77. The molecule has 4 heteroatoms. The van der Waals surface area contributed by atoms with Gasteiger partial charge in [0, 0.05) is 18.5 Å². The minimum absolute atomic E-state index is 0.146. The van der Waals surface area contributed by atoms with Crippen LogP contribution in [0.2, 0.25) is 0 Å². The van der Waals surface area contributed by atoms with Crippen LogP contribution in [-0.4, -0.2) is 30.0 Å². The maximum atomic E-state index is 12.0. The Morgan fingerprint density at radius 2 is 2.18 bits per heavy atom. The molecule has 0 aromatic heterocycles. The van der Waals surface area contributed by atoms with E-state index >= 15 is 0 Å². The molecule has 0 aliphatic heterocycles. The van der Waals surface area contributed by atoms with Gasteiger partial charge in [0.1, 0.15) is 0 Å². The Labute approximate surface area is 112 Å². The summed E-state index contributed by atoms with van der Waals surface area (Å²) in [6.45, 7) is 0. The predicted octanol–water partition coefficient (Wildman–Crippen LogP) is 2.63. The van der Waals surface area contributed by atoms with Crippen molar-refractivity contribution in [2.45, 2.75) is 56.6 Å². The summed E-state index contributed by atoms with van der Waals surface area (Å²) in [4.78, 5) is 12.0. The van der Waals surface area contributed by atoms with Crippen LogP contribution >= 0.6 is 15.9 Å². The van der Waals surface area contributed by atoms with Crippen LogP contribution in [0, 0.1) is 5.92 Å². The summed E-state index contributed by atoms with van der Waals surface area (Å²) in [5.41, 5.74) is -0.146. The van der Waals surface area contributed by atoms with Crippen molar-refractivity contribution in [2.75, 3.05) is 12.4 Å². The minimum Gasteiger partial charge on any atom is -0.378 e. The molecule has 0 aromatic rings. The SMILES string of the molecule is COC1(CC(=O)NC2CCCC2CBr)CCC1. The quantitative estimate of drug-likeness (QED) is 0.793. The zero-order valence-electron chi connectivity index (χ0n) is 10.5. The summed E-state index contributed by atoms with van der Waals surface area (Å²) >= 11 is 3.53. The molecular formula is C13H22BrNO2. The second-order valence-electron chi connectivity index (χ2n) is 5.44. The van der Waals surface area contributed by atoms with Crippen LogP contribution < -0.4 is 5.32 Å². The lowest BCUT2D eigenvalue weighted by Gasteiger charge is -2.40. The monoisotopic (exact) mass is 303 g/mol. The Bertz CT molecular complexity index is 273. The third-order valence-corrected chi connectivity index (χ3v) is 5.22. The van der Waals surface area contributed by atoms with Crippen molar-refractivity contribution in [3.05, 3.63) is 0 Å². The minimum atomic E-state index is -0.146. The van der Waals surface area contributed by atoms with Crippen molar-refractivity contribution in [1.29, 1.82) is 0 Å². The molecule has 2 rings (SSSR count). The number of methoxy groups -OCH3 is 1. The van der Waals surface area contributed by atoms with Gasteiger partial charge in [-0.25, -0.2) is 0 Å². The van der Waals surface area contributed by atoms with Gasteiger partial charge in [-0.05, 0) is 38.0 Å². The van der Waals surface area contributed by atoms with Gasteiger partial charge in [0.15, 0.2) is 0 Å². The lowest BCUT2D eigenvalue weighted by Crippen LogP contribution is -2.46. The van der Waals surface area contributed by atoms with Gasteiger partial charge in [-0.1, -0.05) is 22.4 Å². The van der Waals surface area contributed by atoms with Crippen molar-refractivity contribution in [3.63, 3.8) is 0 Å². The molecule has 2 aliphatic rings. The maximum Gasteiger partial charge on any atom is 0.223 e. The summed E-state index contributed by atoms with van der Waals surface area (Å²) in [5, 5.41) is 4.18. The van der Waals surface area contributed by atoms with Crippen LogP contribution in [0.3, 0.4) is 0 Å². The Morgan fingerprint density at radius 3 is 2.71 bits per heavy atom. The van der Waals surface area contributed by atoms with E-state index in [0.29, 0.717) is 18.4 Å². The largest absolute Gasteiger partial charge is 0.378 e. The van der Waals surface area contributed by atoms with Crippen LogP contribution in [0.5, 0.6) is 0 Å². The van der Waals surface area contributed by atoms with Crippen molar-refractivity contribution in [2.24, 2.45) is 5.92 Å². The fourth-order valence-electron chi connectivity index (χ4n) is 2.99. The highest BCUT2D eigenvalue weighted by Crippen LogP contribution is 2.38. The molecule has 0 aromatic carbocycles. The molecule has 17 heavy (non-hydrogen) atoms. The zero-order chi connectivity index (χ0) is 12.3. The summed E-state index contributed by atoms with van der Waals surface area (Å²) in [6.07, 6.45) is 7.38. The van der Waals surface area contributed by atoms with E-state index in [1.54, 1.807) is 7.11 Å². The van der Waals surface area contributed by atoms with Crippen LogP contribution in [0.4, 0.5) is 0 Å². The van der Waals surface area contributed by atoms with Crippen LogP contribution in [0.25, 0.3) is 0 Å². The molecule has 98 valence electrons. The summed E-state index contributed by atoms with van der Waals surface area (Å²) in [6, 6.07) is 0.371. The van der Waals surface area contributed by atoms with Crippen LogP contribution in [-0.2, 0) is 9.53 Å². The second kappa shape index (κ2) is 5.70. The number of hydrogen-bond acceptors (Lipinski definition) is 2. The van der Waals surface area contributed by atoms with E-state index in [9.17, 15) is 4.79 Å². The Balaban J connectivity index is 1.80. The molecule has 2 unspecified atom stereocenters. The van der Waals surface area contributed by atoms with E-state index in [4.69, 9.17) is 4.74 Å². The normalized spacial score (nSPS) is 30.9. The predicted molar refractivity (Wildman–Crippen MR) is 71.3 cm³/mol. The van der Waals surface area contributed by atoms with E-state index in [2.05, 4.69) is 21.2 Å². The summed E-state index contributed by atoms with van der Waals surface area (Å²) in [5.74, 6) is 0.781. The molecule has 2 saturated carbocycles. The molecule has 1 amide bonds. The standard InChI is InChI=1S/C13H22BrNO2/c1-17-13(6-3-7-13)8-12(16)15-11-5-2-4-10(11)9-14/h10-11H,2-9H2,1H3,(H,15,16). The molecule has 0 bridgehead atoms. The van der Waals surface area contributed by atoms with Gasteiger partial charge in [-0.2, -0.15) is 0 Å². The van der Waals surface area contributed by atoms with E-state index in [-0.39, 0.29) is 11.5 Å². The lowest BCUT2D eigenvalue weighted by molar-refractivity contribution is -0.135. The van der Waals surface area contributed by atoms with E-state index < -0.39 is 0 Å². The Morgan fingerprint density at radius 1 is 1.41 bits per heavy atom.